The van der Waals surface area contributed by atoms with Crippen molar-refractivity contribution in [3.05, 3.63) is 71.4 Å². The summed E-state index contributed by atoms with van der Waals surface area (Å²) in [5.74, 6) is 0.474. The highest BCUT2D eigenvalue weighted by molar-refractivity contribution is 5.88. The molecule has 0 aliphatic carbocycles. The van der Waals surface area contributed by atoms with Gasteiger partial charge in [-0.05, 0) is 116 Å². The molecule has 2 atom stereocenters. The smallest absolute Gasteiger partial charge is 0.339 e. The molecular formula is C40H51N3O5. The molecule has 48 heavy (non-hydrogen) atoms. The van der Waals surface area contributed by atoms with Crippen LogP contribution < -0.4 is 9.64 Å². The zero-order chi connectivity index (χ0) is 34.2. The number of piperidine rings is 1. The lowest BCUT2D eigenvalue weighted by Gasteiger charge is -2.42. The maximum absolute atomic E-state index is 13.4. The average Bonchev–Trinajstić information content (AvgIpc) is 3.47. The molecule has 1 saturated heterocycles. The van der Waals surface area contributed by atoms with Gasteiger partial charge in [0.05, 0.1) is 41.3 Å². The third kappa shape index (κ3) is 7.25. The van der Waals surface area contributed by atoms with Gasteiger partial charge in [-0.15, -0.1) is 0 Å². The van der Waals surface area contributed by atoms with Crippen molar-refractivity contribution in [2.75, 3.05) is 31.7 Å². The number of aryl methyl sites for hydroxylation is 2. The maximum atomic E-state index is 13.4. The van der Waals surface area contributed by atoms with E-state index >= 15 is 0 Å². The number of fused-ring (bicyclic) bond motifs is 8. The van der Waals surface area contributed by atoms with Crippen LogP contribution in [0.15, 0.2) is 54.7 Å². The molecule has 6 bridgehead atoms. The fourth-order valence-corrected chi connectivity index (χ4v) is 7.03. The molecule has 0 spiro atoms. The summed E-state index contributed by atoms with van der Waals surface area (Å²) in [7, 11) is 1.42. The van der Waals surface area contributed by atoms with Crippen LogP contribution in [0.3, 0.4) is 0 Å². The Morgan fingerprint density at radius 3 is 2.52 bits per heavy atom. The second kappa shape index (κ2) is 13.6. The van der Waals surface area contributed by atoms with Crippen LogP contribution in [0.4, 0.5) is 5.69 Å². The summed E-state index contributed by atoms with van der Waals surface area (Å²) in [6.07, 6.45) is 5.92. The second-order valence-corrected chi connectivity index (χ2v) is 14.9. The van der Waals surface area contributed by atoms with Crippen molar-refractivity contribution >= 4 is 17.2 Å². The second-order valence-electron chi connectivity index (χ2n) is 14.9. The van der Waals surface area contributed by atoms with Gasteiger partial charge in [0.25, 0.3) is 0 Å². The molecule has 7 rings (SSSR count). The number of esters is 1. The van der Waals surface area contributed by atoms with E-state index in [2.05, 4.69) is 74.2 Å². The molecule has 3 aliphatic rings. The normalized spacial score (nSPS) is 21.1. The van der Waals surface area contributed by atoms with Crippen LogP contribution in [0.5, 0.6) is 5.75 Å². The van der Waals surface area contributed by atoms with Crippen LogP contribution in [-0.4, -0.2) is 59.7 Å². The fourth-order valence-electron chi connectivity index (χ4n) is 7.03. The van der Waals surface area contributed by atoms with Crippen LogP contribution >= 0.6 is 0 Å². The first-order valence-corrected chi connectivity index (χ1v) is 17.4. The molecule has 2 aromatic carbocycles. The van der Waals surface area contributed by atoms with Gasteiger partial charge in [-0.1, -0.05) is 29.8 Å². The highest BCUT2D eigenvalue weighted by Crippen LogP contribution is 2.42. The fraction of sp³-hybridized carbons (Fsp3) is 0.500. The summed E-state index contributed by atoms with van der Waals surface area (Å²) < 4.78 is 26.9. The van der Waals surface area contributed by atoms with Crippen molar-refractivity contribution in [1.82, 2.24) is 9.61 Å². The number of pyridine rings is 1. The first-order chi connectivity index (χ1) is 22.8. The highest BCUT2D eigenvalue weighted by Gasteiger charge is 2.37. The number of benzene rings is 2. The molecule has 3 aliphatic heterocycles. The standard InChI is InChI=1S/C40H51N3O5/c1-26-15-16-34-31(22-26)29-13-11-14-30(23-29)32-24-33-36(42-19-17-40(7,18-20-42)46-21-10-9-12-28(3)47-34)35(27(2)25-43(33)41-32)37(38(44)45-8)48-39(4,5)6/h11,13-16,22-25,28,37H,9-10,12,17-21H2,1-8H3. The summed E-state index contributed by atoms with van der Waals surface area (Å²) in [6, 6.07) is 17.1. The van der Waals surface area contributed by atoms with E-state index in [0.29, 0.717) is 0 Å². The van der Waals surface area contributed by atoms with Gasteiger partial charge in [0.2, 0.25) is 0 Å². The molecule has 1 fully saturated rings. The number of anilines is 1. The molecule has 2 aromatic heterocycles. The van der Waals surface area contributed by atoms with E-state index in [1.807, 2.05) is 38.4 Å². The maximum Gasteiger partial charge on any atom is 0.339 e. The molecule has 8 nitrogen and oxygen atoms in total. The van der Waals surface area contributed by atoms with Gasteiger partial charge in [-0.25, -0.2) is 9.31 Å². The van der Waals surface area contributed by atoms with Crippen LogP contribution in [0.25, 0.3) is 27.9 Å². The van der Waals surface area contributed by atoms with Gasteiger partial charge >= 0.3 is 5.97 Å². The molecule has 4 aromatic rings. The third-order valence-corrected chi connectivity index (χ3v) is 9.65. The lowest BCUT2D eigenvalue weighted by atomic mass is 9.91. The molecule has 5 heterocycles. The van der Waals surface area contributed by atoms with E-state index in [1.165, 1.54) is 12.7 Å². The Kier molecular flexibility index (Phi) is 9.60. The van der Waals surface area contributed by atoms with Crippen molar-refractivity contribution in [3.8, 4) is 28.1 Å². The minimum atomic E-state index is -0.895. The SMILES string of the molecule is COC(=O)C(OC(C)(C)C)c1c(C)cn2nc3cc2c1N1CCC(C)(CC1)OCCCCC(C)Oc1ccc(C)cc1-c1cccc-3c1. The summed E-state index contributed by atoms with van der Waals surface area (Å²) in [5.41, 5.74) is 8.02. The molecule has 256 valence electrons. The van der Waals surface area contributed by atoms with E-state index in [9.17, 15) is 4.79 Å². The van der Waals surface area contributed by atoms with Crippen molar-refractivity contribution in [2.45, 2.75) is 104 Å². The number of rotatable bonds is 3. The number of ether oxygens (including phenoxy) is 4. The topological polar surface area (TPSA) is 74.5 Å². The monoisotopic (exact) mass is 653 g/mol. The van der Waals surface area contributed by atoms with Gasteiger partial charge < -0.3 is 23.8 Å². The Labute approximate surface area is 285 Å². The van der Waals surface area contributed by atoms with Gasteiger partial charge in [0.15, 0.2) is 6.10 Å². The first-order valence-electron chi connectivity index (χ1n) is 17.4. The summed E-state index contributed by atoms with van der Waals surface area (Å²) in [6.45, 7) is 16.7. The van der Waals surface area contributed by atoms with Crippen LogP contribution in [0.1, 0.15) is 89.5 Å². The Morgan fingerprint density at radius 2 is 1.79 bits per heavy atom. The number of hydrogen-bond acceptors (Lipinski definition) is 7. The summed E-state index contributed by atoms with van der Waals surface area (Å²) in [5, 5.41) is 5.12. The molecule has 8 heteroatoms. The van der Waals surface area contributed by atoms with Gasteiger partial charge in [0, 0.05) is 42.6 Å². The third-order valence-electron chi connectivity index (χ3n) is 9.65. The predicted molar refractivity (Wildman–Crippen MR) is 191 cm³/mol. The zero-order valence-corrected chi connectivity index (χ0v) is 29.9. The lowest BCUT2D eigenvalue weighted by molar-refractivity contribution is -0.164. The van der Waals surface area contributed by atoms with E-state index in [1.54, 1.807) is 0 Å². The van der Waals surface area contributed by atoms with E-state index in [-0.39, 0.29) is 11.7 Å². The number of hydrogen-bond donors (Lipinski definition) is 0. The van der Waals surface area contributed by atoms with Crippen molar-refractivity contribution in [3.63, 3.8) is 0 Å². The van der Waals surface area contributed by atoms with Crippen LogP contribution in [0.2, 0.25) is 0 Å². The van der Waals surface area contributed by atoms with Crippen molar-refractivity contribution in [2.24, 2.45) is 0 Å². The van der Waals surface area contributed by atoms with E-state index in [0.717, 1.165) is 102 Å². The number of methoxy groups -OCH3 is 1. The molecule has 2 unspecified atom stereocenters. The molecular weight excluding hydrogens is 602 g/mol. The van der Waals surface area contributed by atoms with Crippen molar-refractivity contribution < 1.29 is 23.7 Å². The highest BCUT2D eigenvalue weighted by atomic mass is 16.6. The van der Waals surface area contributed by atoms with Gasteiger partial charge in [-0.2, -0.15) is 5.10 Å². The predicted octanol–water partition coefficient (Wildman–Crippen LogP) is 8.64. The zero-order valence-electron chi connectivity index (χ0n) is 29.9. The average molecular weight is 654 g/mol. The van der Waals surface area contributed by atoms with Crippen LogP contribution in [-0.2, 0) is 19.0 Å². The van der Waals surface area contributed by atoms with Crippen molar-refractivity contribution in [1.29, 1.82) is 0 Å². The minimum absolute atomic E-state index is 0.0874. The molecule has 0 amide bonds. The largest absolute Gasteiger partial charge is 0.490 e. The Bertz CT molecular complexity index is 1780. The molecule has 0 radical (unpaired) electrons. The molecule has 0 N–H and O–H groups in total. The van der Waals surface area contributed by atoms with Gasteiger partial charge in [-0.3, -0.25) is 0 Å². The number of carbonyl (C=O) groups is 1. The first kappa shape index (κ1) is 34.0. The van der Waals surface area contributed by atoms with E-state index in [4.69, 9.17) is 24.0 Å². The Morgan fingerprint density at radius 1 is 1.04 bits per heavy atom. The minimum Gasteiger partial charge on any atom is -0.490 e. The summed E-state index contributed by atoms with van der Waals surface area (Å²) >= 11 is 0. The number of aromatic nitrogens is 2. The number of carbonyl (C=O) groups excluding carboxylic acids is 1. The lowest BCUT2D eigenvalue weighted by Crippen LogP contribution is -2.45. The van der Waals surface area contributed by atoms with Crippen LogP contribution in [0, 0.1) is 13.8 Å². The molecule has 0 saturated carbocycles. The van der Waals surface area contributed by atoms with Gasteiger partial charge in [0.1, 0.15) is 5.75 Å². The summed E-state index contributed by atoms with van der Waals surface area (Å²) in [4.78, 5) is 15.8. The van der Waals surface area contributed by atoms with E-state index < -0.39 is 17.7 Å². The Hall–Kier alpha value is -3.88. The quantitative estimate of drug-likeness (QED) is 0.205. The number of nitrogens with zero attached hydrogens (tertiary/aromatic N) is 3. The Balaban J connectivity index is 1.54.